The molecule has 16 heavy (non-hydrogen) atoms. The van der Waals surface area contributed by atoms with Crippen LogP contribution in [0.1, 0.15) is 31.9 Å². The van der Waals surface area contributed by atoms with Gasteiger partial charge in [-0.25, -0.2) is 0 Å². The molecule has 1 unspecified atom stereocenters. The van der Waals surface area contributed by atoms with Crippen LogP contribution in [0.2, 0.25) is 0 Å². The van der Waals surface area contributed by atoms with Gasteiger partial charge in [-0.05, 0) is 31.0 Å². The van der Waals surface area contributed by atoms with Crippen molar-refractivity contribution in [2.45, 2.75) is 32.4 Å². The number of nitrogens with two attached hydrogens (primary N) is 1. The monoisotopic (exact) mass is 284 g/mol. The number of nitrogens with one attached hydrogen (secondary N) is 1. The molecule has 4 heteroatoms. The van der Waals surface area contributed by atoms with Crippen molar-refractivity contribution in [3.63, 3.8) is 0 Å². The quantitative estimate of drug-likeness (QED) is 0.892. The van der Waals surface area contributed by atoms with Crippen molar-refractivity contribution >= 4 is 21.8 Å². The first kappa shape index (κ1) is 13.2. The van der Waals surface area contributed by atoms with Gasteiger partial charge in [0.2, 0.25) is 5.91 Å². The van der Waals surface area contributed by atoms with E-state index in [-0.39, 0.29) is 11.9 Å². The van der Waals surface area contributed by atoms with Crippen molar-refractivity contribution in [2.24, 2.45) is 5.73 Å². The molecule has 0 saturated carbocycles. The second-order valence-electron chi connectivity index (χ2n) is 3.80. The Kier molecular flexibility index (Phi) is 4.96. The Morgan fingerprint density at radius 3 is 2.50 bits per heavy atom. The third-order valence-electron chi connectivity index (χ3n) is 2.51. The fraction of sp³-hybridized carbons (Fsp3) is 0.417. The highest BCUT2D eigenvalue weighted by atomic mass is 79.9. The number of halogens is 1. The number of carbonyl (C=O) groups excluding carboxylic acids is 1. The molecule has 1 aromatic rings. The van der Waals surface area contributed by atoms with Crippen molar-refractivity contribution in [3.8, 4) is 0 Å². The van der Waals surface area contributed by atoms with Crippen LogP contribution in [0, 0.1) is 0 Å². The molecule has 0 saturated heterocycles. The van der Waals surface area contributed by atoms with Crippen LogP contribution < -0.4 is 11.1 Å². The molecule has 1 aromatic carbocycles. The summed E-state index contributed by atoms with van der Waals surface area (Å²) in [7, 11) is 0. The van der Waals surface area contributed by atoms with Crippen molar-refractivity contribution in [3.05, 3.63) is 34.3 Å². The van der Waals surface area contributed by atoms with E-state index in [9.17, 15) is 4.79 Å². The number of rotatable bonds is 4. The third kappa shape index (κ3) is 3.61. The van der Waals surface area contributed by atoms with Crippen LogP contribution in [-0.2, 0) is 4.79 Å². The Balaban J connectivity index is 2.62. The van der Waals surface area contributed by atoms with E-state index in [1.54, 1.807) is 0 Å². The molecule has 1 amide bonds. The van der Waals surface area contributed by atoms with Crippen LogP contribution in [0.25, 0.3) is 0 Å². The minimum Gasteiger partial charge on any atom is -0.348 e. The van der Waals surface area contributed by atoms with Gasteiger partial charge >= 0.3 is 0 Å². The molecule has 2 atom stereocenters. The van der Waals surface area contributed by atoms with Gasteiger partial charge in [0.05, 0.1) is 12.1 Å². The maximum atomic E-state index is 11.6. The molecule has 0 fully saturated rings. The van der Waals surface area contributed by atoms with Crippen molar-refractivity contribution in [1.82, 2.24) is 5.32 Å². The molecule has 0 radical (unpaired) electrons. The van der Waals surface area contributed by atoms with Gasteiger partial charge in [-0.3, -0.25) is 4.79 Å². The summed E-state index contributed by atoms with van der Waals surface area (Å²) in [5.74, 6) is -0.0991. The smallest absolute Gasteiger partial charge is 0.237 e. The van der Waals surface area contributed by atoms with E-state index in [1.165, 1.54) is 0 Å². The first-order valence-corrected chi connectivity index (χ1v) is 6.15. The molecular formula is C12H17BrN2O. The molecule has 0 aliphatic heterocycles. The molecule has 0 aliphatic carbocycles. The van der Waals surface area contributed by atoms with E-state index in [4.69, 9.17) is 5.73 Å². The van der Waals surface area contributed by atoms with Gasteiger partial charge in [0.25, 0.3) is 0 Å². The van der Waals surface area contributed by atoms with E-state index in [0.717, 1.165) is 10.0 Å². The Morgan fingerprint density at radius 2 is 2.00 bits per heavy atom. The summed E-state index contributed by atoms with van der Waals surface area (Å²) in [6.07, 6.45) is 0.652. The lowest BCUT2D eigenvalue weighted by Crippen LogP contribution is -2.41. The zero-order valence-corrected chi connectivity index (χ0v) is 11.1. The first-order chi connectivity index (χ1) is 7.54. The molecule has 1 rings (SSSR count). The van der Waals surface area contributed by atoms with Gasteiger partial charge in [0, 0.05) is 4.47 Å². The van der Waals surface area contributed by atoms with Gasteiger partial charge in [0.15, 0.2) is 0 Å². The zero-order chi connectivity index (χ0) is 12.1. The van der Waals surface area contributed by atoms with Crippen LogP contribution in [0.15, 0.2) is 28.7 Å². The Morgan fingerprint density at radius 1 is 1.44 bits per heavy atom. The van der Waals surface area contributed by atoms with E-state index in [2.05, 4.69) is 21.2 Å². The maximum absolute atomic E-state index is 11.6. The average Bonchev–Trinajstić information content (AvgIpc) is 2.28. The predicted octanol–water partition coefficient (Wildman–Crippen LogP) is 2.36. The number of hydrogen-bond acceptors (Lipinski definition) is 2. The van der Waals surface area contributed by atoms with Gasteiger partial charge in [-0.15, -0.1) is 0 Å². The zero-order valence-electron chi connectivity index (χ0n) is 9.53. The van der Waals surface area contributed by atoms with Crippen LogP contribution in [0.3, 0.4) is 0 Å². The third-order valence-corrected chi connectivity index (χ3v) is 3.03. The Bertz CT molecular complexity index is 351. The van der Waals surface area contributed by atoms with Crippen molar-refractivity contribution in [1.29, 1.82) is 0 Å². The van der Waals surface area contributed by atoms with Crippen LogP contribution in [-0.4, -0.2) is 11.9 Å². The summed E-state index contributed by atoms with van der Waals surface area (Å²) in [6, 6.07) is 7.44. The van der Waals surface area contributed by atoms with E-state index in [0.29, 0.717) is 6.42 Å². The molecule has 3 nitrogen and oxygen atoms in total. The number of carbonyl (C=O) groups is 1. The van der Waals surface area contributed by atoms with E-state index < -0.39 is 6.04 Å². The highest BCUT2D eigenvalue weighted by Crippen LogP contribution is 2.16. The normalized spacial score (nSPS) is 14.2. The minimum absolute atomic E-state index is 0.0156. The second kappa shape index (κ2) is 6.01. The summed E-state index contributed by atoms with van der Waals surface area (Å²) in [5.41, 5.74) is 6.72. The predicted molar refractivity (Wildman–Crippen MR) is 69.0 cm³/mol. The summed E-state index contributed by atoms with van der Waals surface area (Å²) in [4.78, 5) is 11.6. The van der Waals surface area contributed by atoms with Crippen molar-refractivity contribution < 1.29 is 4.79 Å². The number of benzene rings is 1. The first-order valence-electron chi connectivity index (χ1n) is 5.36. The topological polar surface area (TPSA) is 55.1 Å². The summed E-state index contributed by atoms with van der Waals surface area (Å²) in [6.45, 7) is 3.85. The SMILES string of the molecule is CCC(N)C(=O)N[C@@H](C)c1ccc(Br)cc1. The summed E-state index contributed by atoms with van der Waals surface area (Å²) in [5, 5.41) is 2.89. The lowest BCUT2D eigenvalue weighted by Gasteiger charge is -2.17. The maximum Gasteiger partial charge on any atom is 0.237 e. The minimum atomic E-state index is -0.419. The molecule has 0 bridgehead atoms. The molecular weight excluding hydrogens is 268 g/mol. The number of hydrogen-bond donors (Lipinski definition) is 2. The largest absolute Gasteiger partial charge is 0.348 e. The highest BCUT2D eigenvalue weighted by molar-refractivity contribution is 9.10. The Labute approximate surface area is 105 Å². The fourth-order valence-electron chi connectivity index (χ4n) is 1.34. The molecule has 0 aliphatic rings. The highest BCUT2D eigenvalue weighted by Gasteiger charge is 2.14. The summed E-state index contributed by atoms with van der Waals surface area (Å²) < 4.78 is 1.03. The lowest BCUT2D eigenvalue weighted by molar-refractivity contribution is -0.123. The van der Waals surface area contributed by atoms with Gasteiger partial charge < -0.3 is 11.1 Å². The Hall–Kier alpha value is -0.870. The van der Waals surface area contributed by atoms with E-state index >= 15 is 0 Å². The lowest BCUT2D eigenvalue weighted by atomic mass is 10.1. The average molecular weight is 285 g/mol. The standard InChI is InChI=1S/C12H17BrN2O/c1-3-11(14)12(16)15-8(2)9-4-6-10(13)7-5-9/h4-8,11H,3,14H2,1-2H3,(H,15,16)/t8-,11?/m0/s1. The molecule has 0 spiro atoms. The molecule has 88 valence electrons. The molecule has 3 N–H and O–H groups in total. The van der Waals surface area contributed by atoms with E-state index in [1.807, 2.05) is 38.1 Å². The second-order valence-corrected chi connectivity index (χ2v) is 4.71. The fourth-order valence-corrected chi connectivity index (χ4v) is 1.60. The molecule has 0 aromatic heterocycles. The van der Waals surface area contributed by atoms with Gasteiger partial charge in [-0.2, -0.15) is 0 Å². The number of amides is 1. The molecule has 0 heterocycles. The van der Waals surface area contributed by atoms with Crippen LogP contribution >= 0.6 is 15.9 Å². The van der Waals surface area contributed by atoms with Crippen LogP contribution in [0.4, 0.5) is 0 Å². The van der Waals surface area contributed by atoms with Gasteiger partial charge in [-0.1, -0.05) is 35.0 Å². The summed E-state index contributed by atoms with van der Waals surface area (Å²) >= 11 is 3.37. The van der Waals surface area contributed by atoms with Crippen molar-refractivity contribution in [2.75, 3.05) is 0 Å². The van der Waals surface area contributed by atoms with Gasteiger partial charge in [0.1, 0.15) is 0 Å². The van der Waals surface area contributed by atoms with Crippen LogP contribution in [0.5, 0.6) is 0 Å².